The predicted octanol–water partition coefficient (Wildman–Crippen LogP) is 3.40. The number of nitrogens with two attached hydrogens (primary N) is 1. The summed E-state index contributed by atoms with van der Waals surface area (Å²) in [6, 6.07) is 7.62. The van der Waals surface area contributed by atoms with Gasteiger partial charge in [-0.2, -0.15) is 0 Å². The third kappa shape index (κ3) is 1.93. The molecule has 3 nitrogen and oxygen atoms in total. The number of imidazole rings is 1. The molecule has 1 aromatic heterocycles. The number of aromatic nitrogens is 2. The first-order chi connectivity index (χ1) is 9.04. The molecule has 3 N–H and O–H groups in total. The second-order valence-electron chi connectivity index (χ2n) is 4.44. The molecule has 96 valence electrons. The monoisotopic (exact) mass is 259 g/mol. The van der Waals surface area contributed by atoms with Gasteiger partial charge in [-0.05, 0) is 24.6 Å². The fraction of sp³-hybridized carbons (Fsp3) is 0.0714. The molecule has 0 aliphatic rings. The number of nitrogens with zero attached hydrogens (tertiary/aromatic N) is 1. The lowest BCUT2D eigenvalue weighted by Gasteiger charge is -2.03. The zero-order valence-electron chi connectivity index (χ0n) is 10.2. The molecule has 5 heteroatoms. The zero-order chi connectivity index (χ0) is 13.6. The Kier molecular flexibility index (Phi) is 2.48. The molecule has 0 spiro atoms. The number of nitrogens with one attached hydrogen (secondary N) is 1. The van der Waals surface area contributed by atoms with Gasteiger partial charge in [0.2, 0.25) is 0 Å². The Morgan fingerprint density at radius 2 is 1.84 bits per heavy atom. The Bertz CT molecular complexity index is 739. The van der Waals surface area contributed by atoms with Crippen molar-refractivity contribution in [2.45, 2.75) is 6.92 Å². The molecule has 0 amide bonds. The van der Waals surface area contributed by atoms with Crippen LogP contribution in [0.2, 0.25) is 0 Å². The van der Waals surface area contributed by atoms with Crippen LogP contribution in [0.4, 0.5) is 14.5 Å². The molecule has 1 heterocycles. The standard InChI is InChI=1S/C14H11F2N3/c1-7-2-3-8(17)4-9(7)14-18-12-5-10(15)11(16)6-13(12)19-14/h2-6H,17H2,1H3,(H,18,19). The zero-order valence-corrected chi connectivity index (χ0v) is 10.2. The highest BCUT2D eigenvalue weighted by molar-refractivity contribution is 5.80. The van der Waals surface area contributed by atoms with Gasteiger partial charge in [-0.1, -0.05) is 6.07 Å². The predicted molar refractivity (Wildman–Crippen MR) is 70.6 cm³/mol. The van der Waals surface area contributed by atoms with Crippen LogP contribution in [0, 0.1) is 18.6 Å². The van der Waals surface area contributed by atoms with E-state index in [0.29, 0.717) is 22.5 Å². The van der Waals surface area contributed by atoms with Gasteiger partial charge in [0.15, 0.2) is 11.6 Å². The molecule has 0 radical (unpaired) electrons. The summed E-state index contributed by atoms with van der Waals surface area (Å²) in [7, 11) is 0. The van der Waals surface area contributed by atoms with Crippen molar-refractivity contribution in [2.24, 2.45) is 0 Å². The van der Waals surface area contributed by atoms with E-state index < -0.39 is 11.6 Å². The lowest BCUT2D eigenvalue weighted by molar-refractivity contribution is 0.510. The van der Waals surface area contributed by atoms with E-state index in [1.54, 1.807) is 12.1 Å². The van der Waals surface area contributed by atoms with E-state index >= 15 is 0 Å². The second-order valence-corrected chi connectivity index (χ2v) is 4.44. The minimum Gasteiger partial charge on any atom is -0.399 e. The van der Waals surface area contributed by atoms with Crippen molar-refractivity contribution in [3.63, 3.8) is 0 Å². The van der Waals surface area contributed by atoms with E-state index in [4.69, 9.17) is 5.73 Å². The van der Waals surface area contributed by atoms with Crippen molar-refractivity contribution in [2.75, 3.05) is 5.73 Å². The summed E-state index contributed by atoms with van der Waals surface area (Å²) >= 11 is 0. The molecule has 19 heavy (non-hydrogen) atoms. The number of nitrogen functional groups attached to an aromatic ring is 1. The summed E-state index contributed by atoms with van der Waals surface area (Å²) in [6.45, 7) is 1.92. The highest BCUT2D eigenvalue weighted by Gasteiger charge is 2.11. The van der Waals surface area contributed by atoms with Gasteiger partial charge in [0.25, 0.3) is 0 Å². The van der Waals surface area contributed by atoms with Crippen molar-refractivity contribution in [1.82, 2.24) is 9.97 Å². The van der Waals surface area contributed by atoms with Crippen LogP contribution in [0.1, 0.15) is 5.56 Å². The molecule has 0 fully saturated rings. The molecule has 3 rings (SSSR count). The van der Waals surface area contributed by atoms with Crippen molar-refractivity contribution >= 4 is 16.7 Å². The summed E-state index contributed by atoms with van der Waals surface area (Å²) < 4.78 is 26.3. The fourth-order valence-corrected chi connectivity index (χ4v) is 2.03. The normalized spacial score (nSPS) is 11.1. The van der Waals surface area contributed by atoms with E-state index in [0.717, 1.165) is 23.3 Å². The molecule has 0 saturated carbocycles. The minimum absolute atomic E-state index is 0.385. The number of benzene rings is 2. The van der Waals surface area contributed by atoms with Crippen molar-refractivity contribution in [3.05, 3.63) is 47.5 Å². The number of halogens is 2. The van der Waals surface area contributed by atoms with Gasteiger partial charge in [-0.25, -0.2) is 13.8 Å². The summed E-state index contributed by atoms with van der Waals surface area (Å²) in [6.07, 6.45) is 0. The Morgan fingerprint density at radius 3 is 2.63 bits per heavy atom. The Balaban J connectivity index is 2.23. The number of rotatable bonds is 1. The molecule has 0 aliphatic heterocycles. The number of aromatic amines is 1. The number of hydrogen-bond donors (Lipinski definition) is 2. The van der Waals surface area contributed by atoms with E-state index in [2.05, 4.69) is 9.97 Å². The average Bonchev–Trinajstić information content (AvgIpc) is 2.75. The van der Waals surface area contributed by atoms with Crippen molar-refractivity contribution < 1.29 is 8.78 Å². The molecule has 0 atom stereocenters. The number of aryl methyl sites for hydroxylation is 1. The van der Waals surface area contributed by atoms with E-state index in [1.807, 2.05) is 13.0 Å². The summed E-state index contributed by atoms with van der Waals surface area (Å²) in [5.41, 5.74) is 8.99. The van der Waals surface area contributed by atoms with Crippen LogP contribution >= 0.6 is 0 Å². The fourth-order valence-electron chi connectivity index (χ4n) is 2.03. The summed E-state index contributed by atoms with van der Waals surface area (Å²) in [5.74, 6) is -1.26. The number of anilines is 1. The lowest BCUT2D eigenvalue weighted by atomic mass is 10.1. The topological polar surface area (TPSA) is 54.7 Å². The van der Waals surface area contributed by atoms with E-state index in [1.165, 1.54) is 0 Å². The van der Waals surface area contributed by atoms with Gasteiger partial charge in [0.1, 0.15) is 5.82 Å². The smallest absolute Gasteiger partial charge is 0.161 e. The van der Waals surface area contributed by atoms with Crippen LogP contribution in [-0.2, 0) is 0 Å². The van der Waals surface area contributed by atoms with Gasteiger partial charge in [0, 0.05) is 23.4 Å². The first-order valence-corrected chi connectivity index (χ1v) is 5.76. The first-order valence-electron chi connectivity index (χ1n) is 5.76. The maximum Gasteiger partial charge on any atom is 0.161 e. The van der Waals surface area contributed by atoms with Gasteiger partial charge < -0.3 is 10.7 Å². The molecule has 0 saturated heterocycles. The van der Waals surface area contributed by atoms with E-state index in [-0.39, 0.29) is 0 Å². The molecule has 0 aliphatic carbocycles. The molecular weight excluding hydrogens is 248 g/mol. The first kappa shape index (κ1) is 11.6. The Hall–Kier alpha value is -2.43. The SMILES string of the molecule is Cc1ccc(N)cc1-c1nc2cc(F)c(F)cc2[nH]1. The van der Waals surface area contributed by atoms with Gasteiger partial charge in [-0.3, -0.25) is 0 Å². The number of fused-ring (bicyclic) bond motifs is 1. The third-order valence-electron chi connectivity index (χ3n) is 3.04. The maximum atomic E-state index is 13.2. The highest BCUT2D eigenvalue weighted by atomic mass is 19.2. The highest BCUT2D eigenvalue weighted by Crippen LogP contribution is 2.26. The van der Waals surface area contributed by atoms with Crippen LogP contribution in [-0.4, -0.2) is 9.97 Å². The second kappa shape index (κ2) is 4.05. The van der Waals surface area contributed by atoms with Crippen LogP contribution in [0.3, 0.4) is 0 Å². The summed E-state index contributed by atoms with van der Waals surface area (Å²) in [5, 5.41) is 0. The molecule has 3 aromatic rings. The van der Waals surface area contributed by atoms with Crippen LogP contribution in [0.5, 0.6) is 0 Å². The minimum atomic E-state index is -0.908. The van der Waals surface area contributed by atoms with Gasteiger partial charge in [0.05, 0.1) is 11.0 Å². The van der Waals surface area contributed by atoms with Crippen molar-refractivity contribution in [1.29, 1.82) is 0 Å². The van der Waals surface area contributed by atoms with Crippen LogP contribution in [0.15, 0.2) is 30.3 Å². The third-order valence-corrected chi connectivity index (χ3v) is 3.04. The average molecular weight is 259 g/mol. The maximum absolute atomic E-state index is 13.2. The number of H-pyrrole nitrogens is 1. The molecule has 0 unspecified atom stereocenters. The lowest BCUT2D eigenvalue weighted by Crippen LogP contribution is -1.90. The molecule has 0 bridgehead atoms. The van der Waals surface area contributed by atoms with Crippen molar-refractivity contribution in [3.8, 4) is 11.4 Å². The summed E-state index contributed by atoms with van der Waals surface area (Å²) in [4.78, 5) is 7.24. The van der Waals surface area contributed by atoms with Gasteiger partial charge in [-0.15, -0.1) is 0 Å². The Morgan fingerprint density at radius 1 is 1.11 bits per heavy atom. The van der Waals surface area contributed by atoms with E-state index in [9.17, 15) is 8.78 Å². The molecular formula is C14H11F2N3. The molecule has 2 aromatic carbocycles. The largest absolute Gasteiger partial charge is 0.399 e. The van der Waals surface area contributed by atoms with Gasteiger partial charge >= 0.3 is 0 Å². The quantitative estimate of drug-likeness (QED) is 0.658. The Labute approximate surface area is 108 Å². The van der Waals surface area contributed by atoms with Crippen LogP contribution in [0.25, 0.3) is 22.4 Å². The number of hydrogen-bond acceptors (Lipinski definition) is 2. The van der Waals surface area contributed by atoms with Crippen LogP contribution < -0.4 is 5.73 Å².